The van der Waals surface area contributed by atoms with Crippen molar-refractivity contribution in [3.63, 3.8) is 0 Å². The highest BCUT2D eigenvalue weighted by Crippen LogP contribution is 2.23. The summed E-state index contributed by atoms with van der Waals surface area (Å²) in [6.07, 6.45) is 0. The summed E-state index contributed by atoms with van der Waals surface area (Å²) >= 11 is 0. The van der Waals surface area contributed by atoms with Crippen LogP contribution in [-0.4, -0.2) is 5.78 Å². The number of ketones is 1. The summed E-state index contributed by atoms with van der Waals surface area (Å²) in [6.45, 7) is 16.7. The number of carbonyl (C=O) groups is 1. The predicted octanol–water partition coefficient (Wildman–Crippen LogP) is 6.19. The number of Topliss-reactive ketones (excluding diaryl/α,β-unsaturated/α-hetero) is 1. The minimum Gasteiger partial charge on any atom is -0.324 e. The molecular formula is C24H35NO. The molecule has 142 valence electrons. The second-order valence-electron chi connectivity index (χ2n) is 9.04. The molecule has 0 saturated carbocycles. The van der Waals surface area contributed by atoms with E-state index in [0.29, 0.717) is 0 Å². The first kappa shape index (κ1) is 22.1. The summed E-state index contributed by atoms with van der Waals surface area (Å²) in [5.74, 6) is 0.125. The van der Waals surface area contributed by atoms with Crippen molar-refractivity contribution in [2.75, 3.05) is 0 Å². The number of carbonyl (C=O) groups excluding carboxylic acids is 1. The van der Waals surface area contributed by atoms with E-state index in [0.717, 1.165) is 5.56 Å². The Morgan fingerprint density at radius 3 is 1.38 bits per heavy atom. The van der Waals surface area contributed by atoms with Crippen LogP contribution >= 0.6 is 0 Å². The molecule has 0 aliphatic heterocycles. The monoisotopic (exact) mass is 353 g/mol. The van der Waals surface area contributed by atoms with Gasteiger partial charge in [0.1, 0.15) is 0 Å². The van der Waals surface area contributed by atoms with Crippen LogP contribution < -0.4 is 5.73 Å². The van der Waals surface area contributed by atoms with Gasteiger partial charge in [0.25, 0.3) is 0 Å². The smallest absolute Gasteiger partial charge is 0.159 e. The van der Waals surface area contributed by atoms with Crippen molar-refractivity contribution in [1.82, 2.24) is 0 Å². The molecule has 2 aromatic rings. The van der Waals surface area contributed by atoms with Crippen molar-refractivity contribution < 1.29 is 4.79 Å². The molecule has 26 heavy (non-hydrogen) atoms. The van der Waals surface area contributed by atoms with Crippen molar-refractivity contribution in [2.45, 2.75) is 72.3 Å². The van der Waals surface area contributed by atoms with Gasteiger partial charge in [-0.05, 0) is 41.4 Å². The van der Waals surface area contributed by atoms with Crippen LogP contribution in [0.15, 0.2) is 48.5 Å². The van der Waals surface area contributed by atoms with Crippen molar-refractivity contribution in [2.24, 2.45) is 5.73 Å². The largest absolute Gasteiger partial charge is 0.324 e. The fourth-order valence-corrected chi connectivity index (χ4v) is 2.49. The van der Waals surface area contributed by atoms with E-state index in [1.807, 2.05) is 31.2 Å². The molecule has 2 nitrogen and oxygen atoms in total. The second kappa shape index (κ2) is 8.64. The molecule has 0 heterocycles. The zero-order valence-corrected chi connectivity index (χ0v) is 17.7. The van der Waals surface area contributed by atoms with Crippen LogP contribution in [0.5, 0.6) is 0 Å². The first-order valence-corrected chi connectivity index (χ1v) is 9.30. The Morgan fingerprint density at radius 1 is 0.769 bits per heavy atom. The highest BCUT2D eigenvalue weighted by molar-refractivity contribution is 5.94. The van der Waals surface area contributed by atoms with E-state index >= 15 is 0 Å². The van der Waals surface area contributed by atoms with E-state index < -0.39 is 0 Å². The predicted molar refractivity (Wildman–Crippen MR) is 113 cm³/mol. The number of nitrogens with two attached hydrogens (primary N) is 1. The third-order valence-electron chi connectivity index (χ3n) is 4.46. The summed E-state index contributed by atoms with van der Waals surface area (Å²) in [6, 6.07) is 16.5. The number of hydrogen-bond acceptors (Lipinski definition) is 2. The third-order valence-corrected chi connectivity index (χ3v) is 4.46. The Kier molecular flexibility index (Phi) is 7.35. The summed E-state index contributed by atoms with van der Waals surface area (Å²) < 4.78 is 0. The van der Waals surface area contributed by atoms with Gasteiger partial charge in [0, 0.05) is 11.6 Å². The molecule has 0 aromatic heterocycles. The average molecular weight is 354 g/mol. The summed E-state index contributed by atoms with van der Waals surface area (Å²) in [5, 5.41) is 0. The molecule has 0 bridgehead atoms. The highest BCUT2D eigenvalue weighted by atomic mass is 16.1. The fourth-order valence-electron chi connectivity index (χ4n) is 2.49. The van der Waals surface area contributed by atoms with Crippen LogP contribution in [0.25, 0.3) is 0 Å². The molecular weight excluding hydrogens is 318 g/mol. The Balaban J connectivity index is 0.000000260. The van der Waals surface area contributed by atoms with E-state index in [1.54, 1.807) is 6.92 Å². The third kappa shape index (κ3) is 6.76. The zero-order valence-electron chi connectivity index (χ0n) is 17.7. The lowest BCUT2D eigenvalue weighted by molar-refractivity contribution is 0.101. The Hall–Kier alpha value is -1.93. The highest BCUT2D eigenvalue weighted by Gasteiger charge is 2.13. The van der Waals surface area contributed by atoms with Crippen molar-refractivity contribution in [1.29, 1.82) is 0 Å². The van der Waals surface area contributed by atoms with Gasteiger partial charge in [-0.3, -0.25) is 4.79 Å². The number of rotatable bonds is 2. The van der Waals surface area contributed by atoms with E-state index in [9.17, 15) is 4.79 Å². The van der Waals surface area contributed by atoms with Gasteiger partial charge in [0.05, 0.1) is 0 Å². The molecule has 0 amide bonds. The molecule has 2 N–H and O–H groups in total. The Labute approximate surface area is 159 Å². The van der Waals surface area contributed by atoms with Gasteiger partial charge in [0.2, 0.25) is 0 Å². The van der Waals surface area contributed by atoms with Crippen LogP contribution in [0.1, 0.15) is 88.5 Å². The summed E-state index contributed by atoms with van der Waals surface area (Å²) in [7, 11) is 0. The zero-order chi connectivity index (χ0) is 20.1. The van der Waals surface area contributed by atoms with Gasteiger partial charge >= 0.3 is 0 Å². The Bertz CT molecular complexity index is 696. The van der Waals surface area contributed by atoms with Crippen LogP contribution in [-0.2, 0) is 10.8 Å². The van der Waals surface area contributed by atoms with Gasteiger partial charge in [-0.2, -0.15) is 0 Å². The molecule has 0 aliphatic carbocycles. The first-order valence-electron chi connectivity index (χ1n) is 9.30. The minimum atomic E-state index is 0.125. The lowest BCUT2D eigenvalue weighted by atomic mass is 9.86. The van der Waals surface area contributed by atoms with Crippen LogP contribution in [0.4, 0.5) is 0 Å². The fraction of sp³-hybridized carbons (Fsp3) is 0.458. The summed E-state index contributed by atoms with van der Waals surface area (Å²) in [5.41, 5.74) is 10.8. The maximum absolute atomic E-state index is 11.0. The lowest BCUT2D eigenvalue weighted by Gasteiger charge is -2.19. The first-order chi connectivity index (χ1) is 11.8. The molecule has 1 atom stereocenters. The van der Waals surface area contributed by atoms with Crippen molar-refractivity contribution in [3.8, 4) is 0 Å². The van der Waals surface area contributed by atoms with Gasteiger partial charge in [0.15, 0.2) is 5.78 Å². The molecule has 2 heteroatoms. The summed E-state index contributed by atoms with van der Waals surface area (Å²) in [4.78, 5) is 11.0. The van der Waals surface area contributed by atoms with Crippen molar-refractivity contribution in [3.05, 3.63) is 70.8 Å². The van der Waals surface area contributed by atoms with E-state index in [1.165, 1.54) is 16.7 Å². The molecule has 2 rings (SSSR count). The van der Waals surface area contributed by atoms with Crippen LogP contribution in [0, 0.1) is 0 Å². The molecule has 0 fully saturated rings. The van der Waals surface area contributed by atoms with Crippen LogP contribution in [0.3, 0.4) is 0 Å². The molecule has 0 saturated heterocycles. The number of hydrogen-bond donors (Lipinski definition) is 1. The molecule has 0 spiro atoms. The normalized spacial score (nSPS) is 12.8. The molecule has 0 aliphatic rings. The molecule has 2 aromatic carbocycles. The maximum Gasteiger partial charge on any atom is 0.159 e. The van der Waals surface area contributed by atoms with E-state index in [4.69, 9.17) is 5.73 Å². The van der Waals surface area contributed by atoms with Gasteiger partial charge in [-0.1, -0.05) is 90.1 Å². The topological polar surface area (TPSA) is 43.1 Å². The van der Waals surface area contributed by atoms with Gasteiger partial charge in [-0.15, -0.1) is 0 Å². The maximum atomic E-state index is 11.0. The average Bonchev–Trinajstić information content (AvgIpc) is 2.54. The SMILES string of the molecule is CC(=O)c1ccc(C(C)(C)C)cc1.C[C@@H](N)c1ccc(C(C)(C)C)cc1. The van der Waals surface area contributed by atoms with Crippen molar-refractivity contribution >= 4 is 5.78 Å². The minimum absolute atomic E-state index is 0.125. The van der Waals surface area contributed by atoms with E-state index in [2.05, 4.69) is 65.8 Å². The molecule has 0 radical (unpaired) electrons. The van der Waals surface area contributed by atoms with Gasteiger partial charge < -0.3 is 5.73 Å². The van der Waals surface area contributed by atoms with Crippen LogP contribution in [0.2, 0.25) is 0 Å². The van der Waals surface area contributed by atoms with E-state index in [-0.39, 0.29) is 22.7 Å². The lowest BCUT2D eigenvalue weighted by Crippen LogP contribution is -2.11. The Morgan fingerprint density at radius 2 is 1.12 bits per heavy atom. The number of benzene rings is 2. The van der Waals surface area contributed by atoms with Gasteiger partial charge in [-0.25, -0.2) is 0 Å². The standard InChI is InChI=1S/C12H19N.C12H16O/c2*1-9(13)10-5-7-11(8-6-10)12(2,3)4/h5-9H,13H2,1-4H3;5-8H,1-4H3/t9-;/m1./s1. The molecule has 0 unspecified atom stereocenters. The second-order valence-corrected chi connectivity index (χ2v) is 9.04. The quantitative estimate of drug-likeness (QED) is 0.654.